The second-order valence-corrected chi connectivity index (χ2v) is 4.64. The Labute approximate surface area is 101 Å². The molecule has 16 heavy (non-hydrogen) atoms. The lowest BCUT2D eigenvalue weighted by atomic mass is 10.1. The molecule has 1 N–H and O–H groups in total. The standard InChI is InChI=1S/C10H11BrN2O3/c1-6-2-7(11)3-9(13(14)15)10(6)16-8-4-12-5-8/h2-3,8,12H,4-5H2,1H3. The summed E-state index contributed by atoms with van der Waals surface area (Å²) in [5.74, 6) is 0.375. The van der Waals surface area contributed by atoms with E-state index in [-0.39, 0.29) is 11.8 Å². The van der Waals surface area contributed by atoms with Crippen LogP contribution in [0.25, 0.3) is 0 Å². The summed E-state index contributed by atoms with van der Waals surface area (Å²) in [7, 11) is 0. The number of hydrogen-bond acceptors (Lipinski definition) is 4. The number of rotatable bonds is 3. The van der Waals surface area contributed by atoms with Crippen LogP contribution in [0.2, 0.25) is 0 Å². The third-order valence-electron chi connectivity index (χ3n) is 2.45. The van der Waals surface area contributed by atoms with Crippen molar-refractivity contribution < 1.29 is 9.66 Å². The van der Waals surface area contributed by atoms with Gasteiger partial charge in [0.05, 0.1) is 4.92 Å². The average Bonchev–Trinajstić information content (AvgIpc) is 2.12. The highest BCUT2D eigenvalue weighted by atomic mass is 79.9. The Morgan fingerprint density at radius 2 is 2.25 bits per heavy atom. The molecule has 0 radical (unpaired) electrons. The second kappa shape index (κ2) is 4.39. The lowest BCUT2D eigenvalue weighted by Gasteiger charge is -2.28. The third kappa shape index (κ3) is 2.17. The number of benzene rings is 1. The number of ether oxygens (including phenoxy) is 1. The molecule has 0 aromatic heterocycles. The Morgan fingerprint density at radius 1 is 1.56 bits per heavy atom. The van der Waals surface area contributed by atoms with E-state index in [0.717, 1.165) is 18.7 Å². The molecule has 0 spiro atoms. The van der Waals surface area contributed by atoms with Gasteiger partial charge in [0.2, 0.25) is 5.75 Å². The number of nitrogens with one attached hydrogen (secondary N) is 1. The summed E-state index contributed by atoms with van der Waals surface area (Å²) in [6.07, 6.45) is 0.0403. The molecule has 6 heteroatoms. The predicted molar refractivity (Wildman–Crippen MR) is 62.8 cm³/mol. The molecular formula is C10H11BrN2O3. The first-order valence-corrected chi connectivity index (χ1v) is 5.69. The Hall–Kier alpha value is -1.14. The molecule has 0 aliphatic carbocycles. The van der Waals surface area contributed by atoms with Crippen molar-refractivity contribution in [3.8, 4) is 5.75 Å². The molecule has 0 amide bonds. The summed E-state index contributed by atoms with van der Waals surface area (Å²) in [6.45, 7) is 3.29. The molecule has 1 aromatic carbocycles. The van der Waals surface area contributed by atoms with Crippen molar-refractivity contribution >= 4 is 21.6 Å². The summed E-state index contributed by atoms with van der Waals surface area (Å²) in [6, 6.07) is 3.28. The van der Waals surface area contributed by atoms with Gasteiger partial charge in [-0.2, -0.15) is 0 Å². The van der Waals surface area contributed by atoms with Crippen LogP contribution in [0.5, 0.6) is 5.75 Å². The highest BCUT2D eigenvalue weighted by Crippen LogP contribution is 2.35. The van der Waals surface area contributed by atoms with Gasteiger partial charge in [-0.15, -0.1) is 0 Å². The molecule has 1 aromatic rings. The molecule has 0 atom stereocenters. The summed E-state index contributed by atoms with van der Waals surface area (Å²) < 4.78 is 6.29. The number of hydrogen-bond donors (Lipinski definition) is 1. The number of halogens is 1. The van der Waals surface area contributed by atoms with Crippen molar-refractivity contribution in [2.24, 2.45) is 0 Å². The van der Waals surface area contributed by atoms with Gasteiger partial charge < -0.3 is 10.1 Å². The fraction of sp³-hybridized carbons (Fsp3) is 0.400. The number of nitrogens with zero attached hydrogens (tertiary/aromatic N) is 1. The second-order valence-electron chi connectivity index (χ2n) is 3.73. The van der Waals surface area contributed by atoms with Gasteiger partial charge in [0.1, 0.15) is 6.10 Å². The molecule has 0 unspecified atom stereocenters. The largest absolute Gasteiger partial charge is 0.481 e. The SMILES string of the molecule is Cc1cc(Br)cc([N+](=O)[O-])c1OC1CNC1. The fourth-order valence-electron chi connectivity index (χ4n) is 1.51. The van der Waals surface area contributed by atoms with E-state index in [1.165, 1.54) is 6.07 Å². The predicted octanol–water partition coefficient (Wildman–Crippen LogP) is 2.02. The Morgan fingerprint density at radius 3 is 2.75 bits per heavy atom. The molecule has 5 nitrogen and oxygen atoms in total. The highest BCUT2D eigenvalue weighted by molar-refractivity contribution is 9.10. The molecule has 86 valence electrons. The highest BCUT2D eigenvalue weighted by Gasteiger charge is 2.25. The first-order valence-electron chi connectivity index (χ1n) is 4.90. The van der Waals surface area contributed by atoms with Crippen LogP contribution in [0.1, 0.15) is 5.56 Å². The van der Waals surface area contributed by atoms with Crippen LogP contribution >= 0.6 is 15.9 Å². The number of aryl methyl sites for hydroxylation is 1. The van der Waals surface area contributed by atoms with Crippen molar-refractivity contribution in [3.63, 3.8) is 0 Å². The number of nitro groups is 1. The fourth-order valence-corrected chi connectivity index (χ4v) is 2.07. The van der Waals surface area contributed by atoms with Crippen LogP contribution in [0.15, 0.2) is 16.6 Å². The van der Waals surface area contributed by atoms with E-state index >= 15 is 0 Å². The van der Waals surface area contributed by atoms with E-state index < -0.39 is 4.92 Å². The molecule has 1 saturated heterocycles. The smallest absolute Gasteiger partial charge is 0.312 e. The van der Waals surface area contributed by atoms with Gasteiger partial charge in [-0.1, -0.05) is 15.9 Å². The zero-order valence-corrected chi connectivity index (χ0v) is 10.3. The lowest BCUT2D eigenvalue weighted by Crippen LogP contribution is -2.50. The average molecular weight is 287 g/mol. The summed E-state index contributed by atoms with van der Waals surface area (Å²) in [4.78, 5) is 10.5. The normalized spacial score (nSPS) is 15.6. The number of nitro benzene ring substituents is 1. The van der Waals surface area contributed by atoms with Crippen molar-refractivity contribution in [2.45, 2.75) is 13.0 Å². The van der Waals surface area contributed by atoms with Crippen molar-refractivity contribution in [1.82, 2.24) is 5.32 Å². The summed E-state index contributed by atoms with van der Waals surface area (Å²) in [5.41, 5.74) is 0.784. The van der Waals surface area contributed by atoms with E-state index in [1.54, 1.807) is 6.92 Å². The summed E-state index contributed by atoms with van der Waals surface area (Å²) >= 11 is 3.24. The molecule has 0 saturated carbocycles. The monoisotopic (exact) mass is 286 g/mol. The topological polar surface area (TPSA) is 64.4 Å². The molecule has 1 aliphatic rings. The summed E-state index contributed by atoms with van der Waals surface area (Å²) in [5, 5.41) is 14.0. The quantitative estimate of drug-likeness (QED) is 0.682. The zero-order chi connectivity index (χ0) is 11.7. The van der Waals surface area contributed by atoms with Gasteiger partial charge in [0.15, 0.2) is 0 Å². The molecule has 1 heterocycles. The molecule has 1 fully saturated rings. The minimum atomic E-state index is -0.417. The minimum Gasteiger partial charge on any atom is -0.481 e. The van der Waals surface area contributed by atoms with Crippen molar-refractivity contribution in [2.75, 3.05) is 13.1 Å². The maximum Gasteiger partial charge on any atom is 0.312 e. The van der Waals surface area contributed by atoms with E-state index in [0.29, 0.717) is 10.2 Å². The first kappa shape index (κ1) is 11.3. The Kier molecular flexibility index (Phi) is 3.11. The zero-order valence-electron chi connectivity index (χ0n) is 8.70. The third-order valence-corrected chi connectivity index (χ3v) is 2.90. The lowest BCUT2D eigenvalue weighted by molar-refractivity contribution is -0.386. The maximum atomic E-state index is 10.9. The van der Waals surface area contributed by atoms with Crippen LogP contribution in [0, 0.1) is 17.0 Å². The van der Waals surface area contributed by atoms with Gasteiger partial charge in [-0.25, -0.2) is 0 Å². The van der Waals surface area contributed by atoms with Crippen molar-refractivity contribution in [1.29, 1.82) is 0 Å². The molecule has 1 aliphatic heterocycles. The van der Waals surface area contributed by atoms with E-state index in [1.807, 2.05) is 6.07 Å². The van der Waals surface area contributed by atoms with E-state index in [2.05, 4.69) is 21.2 Å². The van der Waals surface area contributed by atoms with Gasteiger partial charge in [0.25, 0.3) is 0 Å². The minimum absolute atomic E-state index is 0.0128. The van der Waals surface area contributed by atoms with Gasteiger partial charge in [0, 0.05) is 23.6 Å². The van der Waals surface area contributed by atoms with Gasteiger partial charge in [-0.05, 0) is 18.6 Å². The molecule has 2 rings (SSSR count). The first-order chi connectivity index (χ1) is 7.58. The molecular weight excluding hydrogens is 276 g/mol. The van der Waals surface area contributed by atoms with Crippen molar-refractivity contribution in [3.05, 3.63) is 32.3 Å². The Balaban J connectivity index is 2.35. The molecule has 0 bridgehead atoms. The van der Waals surface area contributed by atoms with Crippen LogP contribution in [-0.2, 0) is 0 Å². The van der Waals surface area contributed by atoms with E-state index in [4.69, 9.17) is 4.74 Å². The maximum absolute atomic E-state index is 10.9. The van der Waals surface area contributed by atoms with Crippen LogP contribution < -0.4 is 10.1 Å². The van der Waals surface area contributed by atoms with Crippen LogP contribution in [0.3, 0.4) is 0 Å². The van der Waals surface area contributed by atoms with Gasteiger partial charge in [-0.3, -0.25) is 10.1 Å². The van der Waals surface area contributed by atoms with Gasteiger partial charge >= 0.3 is 5.69 Å². The van der Waals surface area contributed by atoms with E-state index in [9.17, 15) is 10.1 Å². The van der Waals surface area contributed by atoms with Crippen LogP contribution in [-0.4, -0.2) is 24.1 Å². The Bertz CT molecular complexity index is 432. The van der Waals surface area contributed by atoms with Crippen LogP contribution in [0.4, 0.5) is 5.69 Å².